The minimum Gasteiger partial charge on any atom is -0.508 e. The summed E-state index contributed by atoms with van der Waals surface area (Å²) < 4.78 is 0. The minimum absolute atomic E-state index is 0.0134. The molecule has 3 aliphatic carbocycles. The van der Waals surface area contributed by atoms with E-state index >= 15 is 0 Å². The van der Waals surface area contributed by atoms with Gasteiger partial charge in [-0.05, 0) is 141 Å². The third-order valence-electron chi connectivity index (χ3n) is 15.7. The number of dihydropyridines is 1. The highest BCUT2D eigenvalue weighted by Crippen LogP contribution is 2.54. The minimum atomic E-state index is -1.14. The van der Waals surface area contributed by atoms with Crippen molar-refractivity contribution < 1.29 is 35.4 Å². The number of unbranched alkanes of at least 4 members (excludes halogenated alkanes) is 3. The Bertz CT molecular complexity index is 2140. The molecule has 10 atom stereocenters. The van der Waals surface area contributed by atoms with Crippen LogP contribution in [0.15, 0.2) is 84.2 Å². The van der Waals surface area contributed by atoms with Gasteiger partial charge in [0.15, 0.2) is 0 Å². The molecular weight excluding hydrogens is 815 g/mol. The molecule has 2 heterocycles. The van der Waals surface area contributed by atoms with Crippen LogP contribution in [0, 0.1) is 35.5 Å². The van der Waals surface area contributed by atoms with Gasteiger partial charge in [0.1, 0.15) is 11.5 Å². The Balaban J connectivity index is 1.15. The summed E-state index contributed by atoms with van der Waals surface area (Å²) in [6, 6.07) is 15.6. The van der Waals surface area contributed by atoms with Crippen molar-refractivity contribution in [1.29, 1.82) is 0 Å². The van der Waals surface area contributed by atoms with Gasteiger partial charge in [0.05, 0.1) is 29.5 Å². The Labute approximate surface area is 387 Å². The van der Waals surface area contributed by atoms with Gasteiger partial charge in [-0.2, -0.15) is 0 Å². The topological polar surface area (TPSA) is 192 Å². The molecule has 3 aromatic rings. The first-order valence-electron chi connectivity index (χ1n) is 24.9. The van der Waals surface area contributed by atoms with Gasteiger partial charge >= 0.3 is 5.97 Å². The number of nitrogens with one attached hydrogen (secondary N) is 2. The van der Waals surface area contributed by atoms with E-state index in [9.17, 15) is 35.4 Å². The fourth-order valence-corrected chi connectivity index (χ4v) is 12.1. The predicted octanol–water partition coefficient (Wildman–Crippen LogP) is 10.3. The first kappa shape index (κ1) is 48.4. The van der Waals surface area contributed by atoms with Crippen LogP contribution in [0.2, 0.25) is 0 Å². The molecular formula is C55H77N3O7. The first-order chi connectivity index (χ1) is 31.2. The number of rotatable bonds is 17. The van der Waals surface area contributed by atoms with E-state index in [1.54, 1.807) is 6.07 Å². The average molecular weight is 892 g/mol. The summed E-state index contributed by atoms with van der Waals surface area (Å²) in [6.07, 6.45) is 20.1. The standard InChI is InChI=1S/C55H77N3O7/c1-4-5-6-9-35-14-17-40(50(61)29-35)10-7-8-11-41-18-19-43(46-28-38(26-37-23-25-57-52(56)30-37)33-55(46,65)24-22-49(60)53(41)54(63)64)47-20-21-48(58-47)44-31-42(59)32-51(62)45(44)27-36-12-15-39(16-13-36)34(2)3/h12-17,20-21,23,30-32,34-35,38,40-41,43,46,49-50,53,57-62,65H,4-11,18-19,22,24-29,33,56H2,1-3H3,(H,63,64). The van der Waals surface area contributed by atoms with Crippen molar-refractivity contribution >= 4 is 5.97 Å². The van der Waals surface area contributed by atoms with Gasteiger partial charge in [-0.1, -0.05) is 95.4 Å². The van der Waals surface area contributed by atoms with Crippen LogP contribution in [0.5, 0.6) is 11.5 Å². The molecule has 10 heteroatoms. The molecule has 1 aliphatic heterocycles. The number of phenolic OH excluding ortho intramolecular Hbond substituents is 2. The summed E-state index contributed by atoms with van der Waals surface area (Å²) in [5, 5.41) is 71.6. The Morgan fingerprint density at radius 2 is 1.68 bits per heavy atom. The van der Waals surface area contributed by atoms with Gasteiger partial charge in [0, 0.05) is 53.4 Å². The molecule has 4 aliphatic rings. The number of aliphatic carboxylic acids is 1. The molecule has 65 heavy (non-hydrogen) atoms. The number of carboxylic acids is 1. The highest BCUT2D eigenvalue weighted by molar-refractivity contribution is 5.71. The summed E-state index contributed by atoms with van der Waals surface area (Å²) in [4.78, 5) is 16.8. The molecule has 354 valence electrons. The van der Waals surface area contributed by atoms with Crippen LogP contribution in [0.1, 0.15) is 158 Å². The Morgan fingerprint density at radius 1 is 0.908 bits per heavy atom. The highest BCUT2D eigenvalue weighted by Gasteiger charge is 2.51. The van der Waals surface area contributed by atoms with Gasteiger partial charge in [-0.3, -0.25) is 4.79 Å². The number of aromatic amines is 1. The number of nitrogens with two attached hydrogens (primary N) is 1. The van der Waals surface area contributed by atoms with Gasteiger partial charge in [-0.15, -0.1) is 0 Å². The quantitative estimate of drug-likeness (QED) is 0.0469. The van der Waals surface area contributed by atoms with E-state index in [1.165, 1.54) is 30.9 Å². The van der Waals surface area contributed by atoms with Crippen molar-refractivity contribution in [3.05, 3.63) is 107 Å². The van der Waals surface area contributed by atoms with Crippen LogP contribution in [0.25, 0.3) is 11.3 Å². The molecule has 0 amide bonds. The smallest absolute Gasteiger partial charge is 0.309 e. The maximum absolute atomic E-state index is 13.1. The van der Waals surface area contributed by atoms with Gasteiger partial charge < -0.3 is 46.7 Å². The lowest BCUT2D eigenvalue weighted by Gasteiger charge is -2.39. The average Bonchev–Trinajstić information content (AvgIpc) is 3.88. The molecule has 2 aromatic carbocycles. The van der Waals surface area contributed by atoms with Gasteiger partial charge in [0.25, 0.3) is 0 Å². The summed E-state index contributed by atoms with van der Waals surface area (Å²) in [7, 11) is 0. The molecule has 2 saturated carbocycles. The largest absolute Gasteiger partial charge is 0.508 e. The molecule has 10 unspecified atom stereocenters. The number of carboxylic acid groups (broad SMARTS) is 1. The maximum atomic E-state index is 13.1. The molecule has 10 N–H and O–H groups in total. The number of H-pyrrole nitrogens is 1. The molecule has 10 nitrogen and oxygen atoms in total. The number of benzene rings is 2. The first-order valence-corrected chi connectivity index (χ1v) is 24.9. The van der Waals surface area contributed by atoms with Gasteiger partial charge in [0.2, 0.25) is 0 Å². The van der Waals surface area contributed by atoms with E-state index in [0.29, 0.717) is 73.9 Å². The second-order valence-electron chi connectivity index (χ2n) is 20.7. The van der Waals surface area contributed by atoms with Crippen molar-refractivity contribution in [2.24, 2.45) is 41.2 Å². The number of phenols is 2. The monoisotopic (exact) mass is 892 g/mol. The number of aromatic nitrogens is 1. The lowest BCUT2D eigenvalue weighted by atomic mass is 9.69. The zero-order valence-electron chi connectivity index (χ0n) is 39.1. The van der Waals surface area contributed by atoms with Crippen molar-refractivity contribution in [1.82, 2.24) is 10.3 Å². The van der Waals surface area contributed by atoms with E-state index in [1.807, 2.05) is 12.1 Å². The number of allylic oxidation sites excluding steroid dienone is 3. The summed E-state index contributed by atoms with van der Waals surface area (Å²) in [6.45, 7) is 7.19. The number of hydrogen-bond acceptors (Lipinski definition) is 8. The number of carbonyl (C=O) groups is 1. The fourth-order valence-electron chi connectivity index (χ4n) is 12.1. The van der Waals surface area contributed by atoms with Crippen LogP contribution in [0.3, 0.4) is 0 Å². The molecule has 0 bridgehead atoms. The molecule has 0 spiro atoms. The van der Waals surface area contributed by atoms with E-state index in [0.717, 1.165) is 67.5 Å². The van der Waals surface area contributed by atoms with Crippen LogP contribution in [-0.2, 0) is 11.2 Å². The van der Waals surface area contributed by atoms with E-state index < -0.39 is 23.6 Å². The normalized spacial score (nSPS) is 29.5. The van der Waals surface area contributed by atoms with Crippen molar-refractivity contribution in [2.75, 3.05) is 6.54 Å². The van der Waals surface area contributed by atoms with E-state index in [2.05, 4.69) is 79.6 Å². The summed E-state index contributed by atoms with van der Waals surface area (Å²) >= 11 is 0. The zero-order chi connectivity index (χ0) is 46.3. The van der Waals surface area contributed by atoms with Crippen LogP contribution in [0.4, 0.5) is 0 Å². The number of aromatic hydroxyl groups is 2. The summed E-state index contributed by atoms with van der Waals surface area (Å²) in [5.74, 6) is -0.851. The Hall–Kier alpha value is -4.51. The molecule has 1 aromatic heterocycles. The highest BCUT2D eigenvalue weighted by atomic mass is 16.4. The van der Waals surface area contributed by atoms with Crippen molar-refractivity contribution in [3.63, 3.8) is 0 Å². The van der Waals surface area contributed by atoms with Crippen LogP contribution >= 0.6 is 0 Å². The molecule has 0 saturated heterocycles. The van der Waals surface area contributed by atoms with E-state index in [-0.39, 0.29) is 53.6 Å². The van der Waals surface area contributed by atoms with Crippen LogP contribution in [-0.4, -0.2) is 65.9 Å². The number of aliphatic hydroxyl groups excluding tert-OH is 2. The fraction of sp³-hybridized carbons (Fsp3) is 0.582. The predicted molar refractivity (Wildman–Crippen MR) is 258 cm³/mol. The Morgan fingerprint density at radius 3 is 2.40 bits per heavy atom. The lowest BCUT2D eigenvalue weighted by Crippen LogP contribution is -2.42. The lowest BCUT2D eigenvalue weighted by molar-refractivity contribution is -0.150. The van der Waals surface area contributed by atoms with E-state index in [4.69, 9.17) is 5.73 Å². The third kappa shape index (κ3) is 12.1. The number of fused-ring (bicyclic) bond motifs is 1. The van der Waals surface area contributed by atoms with Crippen LogP contribution < -0.4 is 11.1 Å². The van der Waals surface area contributed by atoms with Gasteiger partial charge in [-0.25, -0.2) is 0 Å². The zero-order valence-corrected chi connectivity index (χ0v) is 39.1. The summed E-state index contributed by atoms with van der Waals surface area (Å²) in [5.41, 5.74) is 11.5. The second-order valence-corrected chi connectivity index (χ2v) is 20.7. The van der Waals surface area contributed by atoms with Crippen molar-refractivity contribution in [3.8, 4) is 22.8 Å². The molecule has 2 fully saturated rings. The molecule has 7 rings (SSSR count). The number of aliphatic hydroxyl groups is 3. The second kappa shape index (κ2) is 21.9. The Kier molecular flexibility index (Phi) is 16.3. The maximum Gasteiger partial charge on any atom is 0.309 e. The molecule has 0 radical (unpaired) electrons. The van der Waals surface area contributed by atoms with Crippen molar-refractivity contribution in [2.45, 2.75) is 160 Å². The third-order valence-corrected chi connectivity index (χ3v) is 15.7. The number of hydrogen-bond donors (Lipinski definition) is 9. The SMILES string of the molecule is CCCCCC1C=CC(CCCCC2CCC(c3ccc(-c4cc(O)cc(O)c4Cc4ccc(C(C)C)cc4)[nH]3)C3CC(CC4=CCNC(N)=C4)CC3(O)CCC(O)C2C(=O)O)C(O)C1.